The molecule has 1 amide bonds. The number of hydrogen-bond donors (Lipinski definition) is 3. The lowest BCUT2D eigenvalue weighted by molar-refractivity contribution is 0.0954. The predicted molar refractivity (Wildman–Crippen MR) is 123 cm³/mol. The molecule has 0 unspecified atom stereocenters. The fourth-order valence-corrected chi connectivity index (χ4v) is 3.61. The molecule has 1 saturated heterocycles. The SMILES string of the molecule is CN=C(NCCNC(=O)c1cccc(C)c1)NCc1ccc(CN2CCCC2)cc1. The summed E-state index contributed by atoms with van der Waals surface area (Å²) in [4.78, 5) is 18.9. The van der Waals surface area contributed by atoms with Gasteiger partial charge in [-0.1, -0.05) is 42.0 Å². The molecule has 2 aromatic rings. The average molecular weight is 408 g/mol. The fourth-order valence-electron chi connectivity index (χ4n) is 3.61. The van der Waals surface area contributed by atoms with Crippen molar-refractivity contribution in [2.24, 2.45) is 4.99 Å². The average Bonchev–Trinajstić information content (AvgIpc) is 3.27. The zero-order valence-corrected chi connectivity index (χ0v) is 18.1. The number of aliphatic imine (C=N–C) groups is 1. The van der Waals surface area contributed by atoms with Gasteiger partial charge in [0.2, 0.25) is 0 Å². The first-order valence-electron chi connectivity index (χ1n) is 10.7. The van der Waals surface area contributed by atoms with E-state index < -0.39 is 0 Å². The van der Waals surface area contributed by atoms with Crippen molar-refractivity contribution in [3.8, 4) is 0 Å². The van der Waals surface area contributed by atoms with Crippen LogP contribution < -0.4 is 16.0 Å². The molecule has 6 heteroatoms. The minimum atomic E-state index is -0.0579. The van der Waals surface area contributed by atoms with E-state index >= 15 is 0 Å². The van der Waals surface area contributed by atoms with E-state index in [9.17, 15) is 4.79 Å². The highest BCUT2D eigenvalue weighted by atomic mass is 16.1. The van der Waals surface area contributed by atoms with Crippen molar-refractivity contribution in [3.05, 3.63) is 70.8 Å². The normalized spacial score (nSPS) is 14.5. The molecular formula is C24H33N5O. The maximum Gasteiger partial charge on any atom is 0.251 e. The molecule has 3 N–H and O–H groups in total. The summed E-state index contributed by atoms with van der Waals surface area (Å²) >= 11 is 0. The number of aryl methyl sites for hydroxylation is 1. The first-order valence-corrected chi connectivity index (χ1v) is 10.7. The number of guanidine groups is 1. The number of carbonyl (C=O) groups excluding carboxylic acids is 1. The molecule has 2 aromatic carbocycles. The van der Waals surface area contributed by atoms with Crippen LogP contribution in [-0.4, -0.2) is 50.0 Å². The molecular weight excluding hydrogens is 374 g/mol. The van der Waals surface area contributed by atoms with Gasteiger partial charge in [-0.15, -0.1) is 0 Å². The van der Waals surface area contributed by atoms with E-state index in [0.29, 0.717) is 25.2 Å². The topological polar surface area (TPSA) is 68.8 Å². The molecule has 0 aromatic heterocycles. The van der Waals surface area contributed by atoms with Gasteiger partial charge in [0, 0.05) is 38.8 Å². The molecule has 1 aliphatic heterocycles. The van der Waals surface area contributed by atoms with Crippen LogP contribution in [-0.2, 0) is 13.1 Å². The predicted octanol–water partition coefficient (Wildman–Crippen LogP) is 2.69. The van der Waals surface area contributed by atoms with Crippen LogP contribution in [0.1, 0.15) is 39.9 Å². The van der Waals surface area contributed by atoms with E-state index in [1.165, 1.54) is 37.1 Å². The van der Waals surface area contributed by atoms with Gasteiger partial charge >= 0.3 is 0 Å². The largest absolute Gasteiger partial charge is 0.355 e. The minimum absolute atomic E-state index is 0.0579. The number of rotatable bonds is 8. The lowest BCUT2D eigenvalue weighted by Gasteiger charge is -2.15. The van der Waals surface area contributed by atoms with Gasteiger partial charge < -0.3 is 16.0 Å². The second kappa shape index (κ2) is 11.4. The molecule has 0 atom stereocenters. The standard InChI is InChI=1S/C24H33N5O/c1-19-6-5-7-22(16-19)23(30)26-12-13-27-24(25-2)28-17-20-8-10-21(11-9-20)18-29-14-3-4-15-29/h5-11,16H,3-4,12-15,17-18H2,1-2H3,(H,26,30)(H2,25,27,28). The Hall–Kier alpha value is -2.86. The van der Waals surface area contributed by atoms with Gasteiger partial charge in [0.15, 0.2) is 5.96 Å². The Morgan fingerprint density at radius 1 is 0.967 bits per heavy atom. The lowest BCUT2D eigenvalue weighted by atomic mass is 10.1. The van der Waals surface area contributed by atoms with Crippen LogP contribution >= 0.6 is 0 Å². The Bertz CT molecular complexity index is 841. The second-order valence-electron chi connectivity index (χ2n) is 7.78. The molecule has 30 heavy (non-hydrogen) atoms. The summed E-state index contributed by atoms with van der Waals surface area (Å²) in [7, 11) is 1.75. The molecule has 160 valence electrons. The third kappa shape index (κ3) is 6.88. The molecule has 0 saturated carbocycles. The zero-order valence-electron chi connectivity index (χ0n) is 18.1. The Morgan fingerprint density at radius 2 is 1.67 bits per heavy atom. The Balaban J connectivity index is 1.35. The number of amides is 1. The molecule has 0 aliphatic carbocycles. The summed E-state index contributed by atoms with van der Waals surface area (Å²) in [5, 5.41) is 9.48. The maximum atomic E-state index is 12.2. The van der Waals surface area contributed by atoms with Crippen LogP contribution in [0.4, 0.5) is 0 Å². The summed E-state index contributed by atoms with van der Waals surface area (Å²) in [5.74, 6) is 0.665. The Morgan fingerprint density at radius 3 is 2.37 bits per heavy atom. The van der Waals surface area contributed by atoms with Crippen LogP contribution in [0.25, 0.3) is 0 Å². The third-order valence-corrected chi connectivity index (χ3v) is 5.29. The molecule has 1 aliphatic rings. The van der Waals surface area contributed by atoms with Crippen LogP contribution in [0.2, 0.25) is 0 Å². The number of nitrogens with one attached hydrogen (secondary N) is 3. The smallest absolute Gasteiger partial charge is 0.251 e. The summed E-state index contributed by atoms with van der Waals surface area (Å²) < 4.78 is 0. The van der Waals surface area contributed by atoms with Crippen LogP contribution in [0.3, 0.4) is 0 Å². The molecule has 1 fully saturated rings. The highest BCUT2D eigenvalue weighted by Crippen LogP contribution is 2.13. The number of benzene rings is 2. The highest BCUT2D eigenvalue weighted by Gasteiger charge is 2.11. The van der Waals surface area contributed by atoms with Gasteiger partial charge in [-0.2, -0.15) is 0 Å². The van der Waals surface area contributed by atoms with Gasteiger partial charge in [-0.3, -0.25) is 14.7 Å². The lowest BCUT2D eigenvalue weighted by Crippen LogP contribution is -2.41. The Kier molecular flexibility index (Phi) is 8.27. The number of carbonyl (C=O) groups is 1. The van der Waals surface area contributed by atoms with Gasteiger partial charge in [0.1, 0.15) is 0 Å². The van der Waals surface area contributed by atoms with Crippen molar-refractivity contribution >= 4 is 11.9 Å². The van der Waals surface area contributed by atoms with Crippen LogP contribution in [0.5, 0.6) is 0 Å². The number of likely N-dealkylation sites (tertiary alicyclic amines) is 1. The monoisotopic (exact) mass is 407 g/mol. The van der Waals surface area contributed by atoms with Crippen molar-refractivity contribution in [2.45, 2.75) is 32.9 Å². The van der Waals surface area contributed by atoms with Crippen molar-refractivity contribution < 1.29 is 4.79 Å². The summed E-state index contributed by atoms with van der Waals surface area (Å²) in [6, 6.07) is 16.4. The van der Waals surface area contributed by atoms with E-state index in [1.54, 1.807) is 7.05 Å². The van der Waals surface area contributed by atoms with Gasteiger partial charge in [-0.25, -0.2) is 0 Å². The fraction of sp³-hybridized carbons (Fsp3) is 0.417. The van der Waals surface area contributed by atoms with Gasteiger partial charge in [-0.05, 0) is 56.1 Å². The van der Waals surface area contributed by atoms with Crippen LogP contribution in [0, 0.1) is 6.92 Å². The number of hydrogen-bond acceptors (Lipinski definition) is 3. The van der Waals surface area contributed by atoms with E-state index in [0.717, 1.165) is 18.1 Å². The molecule has 6 nitrogen and oxygen atoms in total. The molecule has 1 heterocycles. The van der Waals surface area contributed by atoms with Crippen molar-refractivity contribution in [1.29, 1.82) is 0 Å². The molecule has 0 radical (unpaired) electrons. The molecule has 0 spiro atoms. The first-order chi connectivity index (χ1) is 14.6. The first kappa shape index (κ1) is 21.8. The summed E-state index contributed by atoms with van der Waals surface area (Å²) in [6.07, 6.45) is 2.65. The molecule has 0 bridgehead atoms. The zero-order chi connectivity index (χ0) is 21.2. The quantitative estimate of drug-likeness (QED) is 0.358. The van der Waals surface area contributed by atoms with Gasteiger partial charge in [0.25, 0.3) is 5.91 Å². The van der Waals surface area contributed by atoms with Crippen LogP contribution in [0.15, 0.2) is 53.5 Å². The summed E-state index contributed by atoms with van der Waals surface area (Å²) in [5.41, 5.74) is 4.35. The Labute approximate surface area is 179 Å². The maximum absolute atomic E-state index is 12.2. The van der Waals surface area contributed by atoms with E-state index in [2.05, 4.69) is 50.1 Å². The van der Waals surface area contributed by atoms with Crippen molar-refractivity contribution in [1.82, 2.24) is 20.9 Å². The van der Waals surface area contributed by atoms with E-state index in [-0.39, 0.29) is 5.91 Å². The van der Waals surface area contributed by atoms with Crippen molar-refractivity contribution in [3.63, 3.8) is 0 Å². The summed E-state index contributed by atoms with van der Waals surface area (Å²) in [6.45, 7) is 7.30. The second-order valence-corrected chi connectivity index (χ2v) is 7.78. The van der Waals surface area contributed by atoms with E-state index in [1.807, 2.05) is 31.2 Å². The van der Waals surface area contributed by atoms with Gasteiger partial charge in [0.05, 0.1) is 0 Å². The van der Waals surface area contributed by atoms with E-state index in [4.69, 9.17) is 0 Å². The number of nitrogens with zero attached hydrogens (tertiary/aromatic N) is 2. The minimum Gasteiger partial charge on any atom is -0.355 e. The molecule has 3 rings (SSSR count). The highest BCUT2D eigenvalue weighted by molar-refractivity contribution is 5.94. The van der Waals surface area contributed by atoms with Crippen molar-refractivity contribution in [2.75, 3.05) is 33.2 Å². The third-order valence-electron chi connectivity index (χ3n) is 5.29.